The minimum Gasteiger partial charge on any atom is -0.461 e. The second kappa shape index (κ2) is 4.14. The molecule has 0 fully saturated rings. The normalized spacial score (nSPS) is 14.2. The molecule has 1 nitrogen and oxygen atoms in total. The number of hydrogen-bond donors (Lipinski definition) is 0. The van der Waals surface area contributed by atoms with Crippen LogP contribution in [0.1, 0.15) is 33.0 Å². The molecule has 0 radical (unpaired) electrons. The molecule has 1 aromatic carbocycles. The molecule has 2 rings (SSSR count). The Balaban J connectivity index is 2.39. The topological polar surface area (TPSA) is 13.1 Å². The molecule has 86 valence electrons. The van der Waals surface area contributed by atoms with Gasteiger partial charge in [0.05, 0.1) is 0 Å². The van der Waals surface area contributed by atoms with E-state index in [0.717, 1.165) is 23.2 Å². The highest BCUT2D eigenvalue weighted by Crippen LogP contribution is 2.33. The Bertz CT molecular complexity index is 449. The quantitative estimate of drug-likeness (QED) is 0.703. The van der Waals surface area contributed by atoms with Crippen LogP contribution in [-0.4, -0.2) is 5.38 Å². The van der Waals surface area contributed by atoms with Gasteiger partial charge in [-0.05, 0) is 25.5 Å². The summed E-state index contributed by atoms with van der Waals surface area (Å²) in [7, 11) is 0. The van der Waals surface area contributed by atoms with Crippen molar-refractivity contribution < 1.29 is 4.42 Å². The smallest absolute Gasteiger partial charge is 0.134 e. The van der Waals surface area contributed by atoms with Gasteiger partial charge in [0.2, 0.25) is 0 Å². The summed E-state index contributed by atoms with van der Waals surface area (Å²) in [4.78, 5) is 0. The number of hydrogen-bond acceptors (Lipinski definition) is 1. The first-order valence-electron chi connectivity index (χ1n) is 5.62. The number of rotatable bonds is 3. The van der Waals surface area contributed by atoms with Gasteiger partial charge in [0.25, 0.3) is 0 Å². The van der Waals surface area contributed by atoms with Gasteiger partial charge < -0.3 is 4.42 Å². The van der Waals surface area contributed by atoms with Crippen LogP contribution in [-0.2, 0) is 5.41 Å². The molecule has 16 heavy (non-hydrogen) atoms. The zero-order valence-corrected chi connectivity index (χ0v) is 10.7. The molecule has 2 heteroatoms. The molecule has 0 bridgehead atoms. The Hall–Kier alpha value is -0.950. The SMILES string of the molecule is CC(Cl)CC(C)(C)c1cc2ccccc2o1. The first kappa shape index (κ1) is 11.5. The highest BCUT2D eigenvalue weighted by atomic mass is 35.5. The van der Waals surface area contributed by atoms with Crippen LogP contribution in [0.25, 0.3) is 11.0 Å². The third kappa shape index (κ3) is 2.25. The molecule has 0 saturated heterocycles. The summed E-state index contributed by atoms with van der Waals surface area (Å²) in [6.07, 6.45) is 0.911. The molecule has 2 aromatic rings. The number of halogens is 1. The molecular formula is C14H17ClO. The summed E-state index contributed by atoms with van der Waals surface area (Å²) >= 11 is 6.07. The van der Waals surface area contributed by atoms with Gasteiger partial charge in [0, 0.05) is 16.2 Å². The molecule has 0 N–H and O–H groups in total. The van der Waals surface area contributed by atoms with E-state index in [1.165, 1.54) is 0 Å². The van der Waals surface area contributed by atoms with E-state index in [-0.39, 0.29) is 10.8 Å². The average Bonchev–Trinajstić information content (AvgIpc) is 2.59. The minimum atomic E-state index is -0.0137. The summed E-state index contributed by atoms with van der Waals surface area (Å²) < 4.78 is 5.88. The lowest BCUT2D eigenvalue weighted by Crippen LogP contribution is -2.19. The van der Waals surface area contributed by atoms with Crippen molar-refractivity contribution in [3.8, 4) is 0 Å². The predicted molar refractivity (Wildman–Crippen MR) is 69.2 cm³/mol. The van der Waals surface area contributed by atoms with Crippen molar-refractivity contribution in [3.05, 3.63) is 36.1 Å². The average molecular weight is 237 g/mol. The molecule has 0 spiro atoms. The molecule has 0 amide bonds. The zero-order chi connectivity index (χ0) is 11.8. The monoisotopic (exact) mass is 236 g/mol. The van der Waals surface area contributed by atoms with Crippen LogP contribution in [0, 0.1) is 0 Å². The predicted octanol–water partition coefficient (Wildman–Crippen LogP) is 4.73. The van der Waals surface area contributed by atoms with Gasteiger partial charge in [0.1, 0.15) is 11.3 Å². The Labute approximate surface area is 101 Å². The van der Waals surface area contributed by atoms with Crippen molar-refractivity contribution in [1.29, 1.82) is 0 Å². The summed E-state index contributed by atoms with van der Waals surface area (Å²) in [5, 5.41) is 1.32. The molecule has 1 unspecified atom stereocenters. The van der Waals surface area contributed by atoms with Crippen molar-refractivity contribution in [1.82, 2.24) is 0 Å². The van der Waals surface area contributed by atoms with E-state index in [1.54, 1.807) is 0 Å². The van der Waals surface area contributed by atoms with Crippen LogP contribution >= 0.6 is 11.6 Å². The lowest BCUT2D eigenvalue weighted by molar-refractivity contribution is 0.377. The first-order valence-corrected chi connectivity index (χ1v) is 6.06. The third-order valence-electron chi connectivity index (χ3n) is 2.88. The van der Waals surface area contributed by atoms with Crippen LogP contribution in [0.3, 0.4) is 0 Å². The fourth-order valence-electron chi connectivity index (χ4n) is 2.12. The van der Waals surface area contributed by atoms with E-state index >= 15 is 0 Å². The molecular weight excluding hydrogens is 220 g/mol. The van der Waals surface area contributed by atoms with Gasteiger partial charge in [-0.3, -0.25) is 0 Å². The lowest BCUT2D eigenvalue weighted by Gasteiger charge is -2.23. The Morgan fingerprint density at radius 3 is 2.62 bits per heavy atom. The van der Waals surface area contributed by atoms with Crippen LogP contribution in [0.2, 0.25) is 0 Å². The maximum absolute atomic E-state index is 6.07. The highest BCUT2D eigenvalue weighted by molar-refractivity contribution is 6.20. The van der Waals surface area contributed by atoms with E-state index in [1.807, 2.05) is 25.1 Å². The fraction of sp³-hybridized carbons (Fsp3) is 0.429. The van der Waals surface area contributed by atoms with Crippen LogP contribution in [0.5, 0.6) is 0 Å². The van der Waals surface area contributed by atoms with Gasteiger partial charge >= 0.3 is 0 Å². The standard InChI is InChI=1S/C14H17ClO/c1-10(15)9-14(2,3)13-8-11-6-4-5-7-12(11)16-13/h4-8,10H,9H2,1-3H3. The van der Waals surface area contributed by atoms with Gasteiger partial charge in [-0.1, -0.05) is 32.0 Å². The Morgan fingerprint density at radius 2 is 2.00 bits per heavy atom. The largest absolute Gasteiger partial charge is 0.461 e. The highest BCUT2D eigenvalue weighted by Gasteiger charge is 2.26. The molecule has 0 aliphatic heterocycles. The van der Waals surface area contributed by atoms with Gasteiger partial charge in [-0.25, -0.2) is 0 Å². The fourth-order valence-corrected chi connectivity index (χ4v) is 2.50. The van der Waals surface area contributed by atoms with Crippen LogP contribution < -0.4 is 0 Å². The summed E-state index contributed by atoms with van der Waals surface area (Å²) in [6.45, 7) is 6.36. The minimum absolute atomic E-state index is 0.0137. The van der Waals surface area contributed by atoms with E-state index in [0.29, 0.717) is 0 Å². The van der Waals surface area contributed by atoms with Gasteiger partial charge in [-0.15, -0.1) is 11.6 Å². The van der Waals surface area contributed by atoms with Crippen molar-refractivity contribution in [3.63, 3.8) is 0 Å². The van der Waals surface area contributed by atoms with Crippen molar-refractivity contribution in [2.45, 2.75) is 38.0 Å². The number of fused-ring (bicyclic) bond motifs is 1. The number of furan rings is 1. The van der Waals surface area contributed by atoms with E-state index in [9.17, 15) is 0 Å². The van der Waals surface area contributed by atoms with Crippen molar-refractivity contribution in [2.75, 3.05) is 0 Å². The van der Waals surface area contributed by atoms with E-state index in [2.05, 4.69) is 26.0 Å². The van der Waals surface area contributed by atoms with Crippen molar-refractivity contribution in [2.24, 2.45) is 0 Å². The maximum atomic E-state index is 6.07. The second-order valence-corrected chi connectivity index (χ2v) is 5.76. The van der Waals surface area contributed by atoms with E-state index < -0.39 is 0 Å². The third-order valence-corrected chi connectivity index (χ3v) is 3.04. The molecule has 0 aliphatic carbocycles. The van der Waals surface area contributed by atoms with Crippen LogP contribution in [0.15, 0.2) is 34.7 Å². The van der Waals surface area contributed by atoms with Crippen molar-refractivity contribution >= 4 is 22.6 Å². The Morgan fingerprint density at radius 1 is 1.31 bits per heavy atom. The number of benzene rings is 1. The van der Waals surface area contributed by atoms with Gasteiger partial charge in [0.15, 0.2) is 0 Å². The van der Waals surface area contributed by atoms with Crippen LogP contribution in [0.4, 0.5) is 0 Å². The molecule has 1 atom stereocenters. The number of alkyl halides is 1. The molecule has 1 aromatic heterocycles. The molecule has 0 aliphatic rings. The second-order valence-electron chi connectivity index (χ2n) is 5.02. The zero-order valence-electron chi connectivity index (χ0n) is 9.96. The maximum Gasteiger partial charge on any atom is 0.134 e. The Kier molecular flexibility index (Phi) is 2.98. The van der Waals surface area contributed by atoms with E-state index in [4.69, 9.17) is 16.0 Å². The molecule has 0 saturated carbocycles. The van der Waals surface area contributed by atoms with Gasteiger partial charge in [-0.2, -0.15) is 0 Å². The summed E-state index contributed by atoms with van der Waals surface area (Å²) in [6, 6.07) is 10.2. The summed E-state index contributed by atoms with van der Waals surface area (Å²) in [5.74, 6) is 1.02. The molecule has 1 heterocycles. The number of para-hydroxylation sites is 1. The summed E-state index contributed by atoms with van der Waals surface area (Å²) in [5.41, 5.74) is 0.938. The lowest BCUT2D eigenvalue weighted by atomic mass is 9.85. The first-order chi connectivity index (χ1) is 7.49.